The number of aliphatic imine (C=N–C) groups is 1. The minimum absolute atomic E-state index is 0.0464. The smallest absolute Gasteiger partial charge is 0.271 e. The van der Waals surface area contributed by atoms with Gasteiger partial charge in [0, 0.05) is 5.69 Å². The van der Waals surface area contributed by atoms with E-state index in [2.05, 4.69) is 14.7 Å². The summed E-state index contributed by atoms with van der Waals surface area (Å²) >= 11 is 7.10. The van der Waals surface area contributed by atoms with Gasteiger partial charge >= 0.3 is 0 Å². The fourth-order valence-corrected chi connectivity index (χ4v) is 3.58. The first kappa shape index (κ1) is 21.8. The van der Waals surface area contributed by atoms with Gasteiger partial charge < -0.3 is 20.9 Å². The highest BCUT2D eigenvalue weighted by molar-refractivity contribution is 7.10. The third kappa shape index (κ3) is 4.99. The molecule has 30 heavy (non-hydrogen) atoms. The lowest BCUT2D eigenvalue weighted by molar-refractivity contribution is 0.274. The topological polar surface area (TPSA) is 113 Å². The number of nitrogens with zero attached hydrogens (tertiary/aromatic N) is 1. The molecule has 0 amide bonds. The van der Waals surface area contributed by atoms with Crippen LogP contribution in [-0.4, -0.2) is 28.0 Å². The molecule has 1 heterocycles. The SMILES string of the molecule is Cc1cc(Oc2ccc(F)cc2Cl)ccc1Nc1s[nH]c(=O)c1C(N)=NC(C)CO. The summed E-state index contributed by atoms with van der Waals surface area (Å²) in [5, 5.41) is 13.0. The molecule has 0 aliphatic rings. The quantitative estimate of drug-likeness (QED) is 0.319. The number of nitrogens with two attached hydrogens (primary N) is 1. The predicted molar refractivity (Wildman–Crippen MR) is 118 cm³/mol. The van der Waals surface area contributed by atoms with Crippen LogP contribution in [0.25, 0.3) is 0 Å². The average molecular weight is 451 g/mol. The summed E-state index contributed by atoms with van der Waals surface area (Å²) in [6.45, 7) is 3.38. The minimum Gasteiger partial charge on any atom is -0.456 e. The molecule has 3 rings (SSSR count). The van der Waals surface area contributed by atoms with E-state index in [0.717, 1.165) is 22.8 Å². The van der Waals surface area contributed by atoms with Gasteiger partial charge in [0.1, 0.15) is 33.7 Å². The lowest BCUT2D eigenvalue weighted by atomic mass is 10.2. The Kier molecular flexibility index (Phi) is 6.76. The molecule has 0 bridgehead atoms. The highest BCUT2D eigenvalue weighted by Crippen LogP contribution is 2.33. The molecule has 7 nitrogen and oxygen atoms in total. The second kappa shape index (κ2) is 9.29. The number of hydrogen-bond donors (Lipinski definition) is 4. The largest absolute Gasteiger partial charge is 0.456 e. The molecule has 0 radical (unpaired) electrons. The fraction of sp³-hybridized carbons (Fsp3) is 0.200. The summed E-state index contributed by atoms with van der Waals surface area (Å²) in [7, 11) is 0. The van der Waals surface area contributed by atoms with E-state index in [9.17, 15) is 9.18 Å². The van der Waals surface area contributed by atoms with Crippen molar-refractivity contribution in [2.24, 2.45) is 10.7 Å². The van der Waals surface area contributed by atoms with Crippen molar-refractivity contribution < 1.29 is 14.2 Å². The number of H-pyrrole nitrogens is 1. The van der Waals surface area contributed by atoms with E-state index in [-0.39, 0.29) is 28.6 Å². The molecule has 10 heteroatoms. The molecule has 3 aromatic rings. The molecule has 1 aromatic heterocycles. The molecule has 1 unspecified atom stereocenters. The van der Waals surface area contributed by atoms with Gasteiger partial charge in [-0.15, -0.1) is 0 Å². The van der Waals surface area contributed by atoms with Crippen molar-refractivity contribution in [3.63, 3.8) is 0 Å². The number of aromatic nitrogens is 1. The van der Waals surface area contributed by atoms with Crippen molar-refractivity contribution >= 4 is 39.7 Å². The fourth-order valence-electron chi connectivity index (χ4n) is 2.61. The van der Waals surface area contributed by atoms with Crippen molar-refractivity contribution in [3.8, 4) is 11.5 Å². The van der Waals surface area contributed by atoms with Crippen LogP contribution in [0, 0.1) is 12.7 Å². The maximum absolute atomic E-state index is 13.2. The maximum Gasteiger partial charge on any atom is 0.271 e. The molecule has 2 aromatic carbocycles. The van der Waals surface area contributed by atoms with E-state index in [0.29, 0.717) is 16.5 Å². The Hall–Kier alpha value is -2.88. The number of hydrogen-bond acceptors (Lipinski definition) is 6. The highest BCUT2D eigenvalue weighted by atomic mass is 35.5. The monoisotopic (exact) mass is 450 g/mol. The summed E-state index contributed by atoms with van der Waals surface area (Å²) in [6, 6.07) is 8.76. The molecule has 1 atom stereocenters. The van der Waals surface area contributed by atoms with Crippen molar-refractivity contribution in [2.75, 3.05) is 11.9 Å². The van der Waals surface area contributed by atoms with Crippen LogP contribution < -0.4 is 21.3 Å². The van der Waals surface area contributed by atoms with Crippen LogP contribution in [0.15, 0.2) is 46.2 Å². The second-order valence-electron chi connectivity index (χ2n) is 6.56. The van der Waals surface area contributed by atoms with Crippen LogP contribution in [-0.2, 0) is 0 Å². The first-order chi connectivity index (χ1) is 14.3. The van der Waals surface area contributed by atoms with Crippen LogP contribution >= 0.6 is 23.1 Å². The Balaban J connectivity index is 1.84. The number of nitrogens with one attached hydrogen (secondary N) is 2. The molecule has 0 aliphatic heterocycles. The molecule has 0 fully saturated rings. The van der Waals surface area contributed by atoms with Crippen molar-refractivity contribution in [2.45, 2.75) is 19.9 Å². The number of ether oxygens (including phenoxy) is 1. The molecule has 0 spiro atoms. The molecule has 0 aliphatic carbocycles. The van der Waals surface area contributed by atoms with E-state index in [4.69, 9.17) is 27.2 Å². The number of rotatable bonds is 7. The van der Waals surface area contributed by atoms with Gasteiger partial charge in [-0.3, -0.25) is 14.2 Å². The molecular formula is C20H20ClFN4O3S. The van der Waals surface area contributed by atoms with E-state index in [1.54, 1.807) is 25.1 Å². The zero-order valence-corrected chi connectivity index (χ0v) is 17.8. The van der Waals surface area contributed by atoms with Crippen molar-refractivity contribution in [3.05, 3.63) is 68.7 Å². The first-order valence-corrected chi connectivity index (χ1v) is 10.1. The van der Waals surface area contributed by atoms with Gasteiger partial charge in [0.2, 0.25) is 0 Å². The summed E-state index contributed by atoms with van der Waals surface area (Å²) < 4.78 is 21.6. The summed E-state index contributed by atoms with van der Waals surface area (Å²) in [5.41, 5.74) is 7.39. The van der Waals surface area contributed by atoms with Crippen LogP contribution in [0.4, 0.5) is 15.1 Å². The third-order valence-electron chi connectivity index (χ3n) is 4.15. The Bertz CT molecular complexity index is 1150. The first-order valence-electron chi connectivity index (χ1n) is 8.95. The Morgan fingerprint density at radius 2 is 2.17 bits per heavy atom. The van der Waals surface area contributed by atoms with Crippen molar-refractivity contribution in [1.29, 1.82) is 0 Å². The van der Waals surface area contributed by atoms with Crippen LogP contribution in [0.2, 0.25) is 5.02 Å². The van der Waals surface area contributed by atoms with E-state index in [1.165, 1.54) is 18.2 Å². The Morgan fingerprint density at radius 3 is 2.83 bits per heavy atom. The zero-order chi connectivity index (χ0) is 21.8. The summed E-state index contributed by atoms with van der Waals surface area (Å²) in [6.07, 6.45) is 0. The van der Waals surface area contributed by atoms with Crippen molar-refractivity contribution in [1.82, 2.24) is 4.37 Å². The van der Waals surface area contributed by atoms with E-state index < -0.39 is 11.9 Å². The number of halogens is 2. The number of aliphatic hydroxyl groups is 1. The second-order valence-corrected chi connectivity index (χ2v) is 7.79. The Morgan fingerprint density at radius 1 is 1.40 bits per heavy atom. The number of aryl methyl sites for hydroxylation is 1. The molecule has 158 valence electrons. The number of aliphatic hydroxyl groups excluding tert-OH is 1. The van der Waals surface area contributed by atoms with Gasteiger partial charge in [0.05, 0.1) is 17.7 Å². The third-order valence-corrected chi connectivity index (χ3v) is 5.24. The summed E-state index contributed by atoms with van der Waals surface area (Å²) in [4.78, 5) is 16.3. The number of benzene rings is 2. The highest BCUT2D eigenvalue weighted by Gasteiger charge is 2.16. The maximum atomic E-state index is 13.2. The predicted octanol–water partition coefficient (Wildman–Crippen LogP) is 4.16. The van der Waals surface area contributed by atoms with Crippen LogP contribution in [0.3, 0.4) is 0 Å². The van der Waals surface area contributed by atoms with E-state index in [1.807, 2.05) is 6.92 Å². The molecule has 5 N–H and O–H groups in total. The zero-order valence-electron chi connectivity index (χ0n) is 16.2. The lowest BCUT2D eigenvalue weighted by Crippen LogP contribution is -2.24. The van der Waals surface area contributed by atoms with Gasteiger partial charge in [0.15, 0.2) is 0 Å². The molecule has 0 saturated heterocycles. The number of anilines is 2. The normalized spacial score (nSPS) is 12.6. The van der Waals surface area contributed by atoms with Gasteiger partial charge in [-0.1, -0.05) is 11.6 Å². The minimum atomic E-state index is -0.444. The van der Waals surface area contributed by atoms with Gasteiger partial charge in [0.25, 0.3) is 5.56 Å². The number of amidine groups is 1. The van der Waals surface area contributed by atoms with Gasteiger partial charge in [-0.05, 0) is 67.3 Å². The lowest BCUT2D eigenvalue weighted by Gasteiger charge is -2.13. The van der Waals surface area contributed by atoms with Gasteiger partial charge in [-0.2, -0.15) is 0 Å². The van der Waals surface area contributed by atoms with E-state index >= 15 is 0 Å². The molecular weight excluding hydrogens is 431 g/mol. The van der Waals surface area contributed by atoms with Crippen LogP contribution in [0.1, 0.15) is 18.1 Å². The van der Waals surface area contributed by atoms with Crippen LogP contribution in [0.5, 0.6) is 11.5 Å². The standard InChI is InChI=1S/C20H20ClFN4O3S/c1-10-7-13(29-16-6-3-12(22)8-14(16)21)4-5-15(10)25-20-17(19(28)26-30-20)18(23)24-11(2)9-27/h3-8,11,25,27H,9H2,1-2H3,(H2,23,24)(H,26,28). The average Bonchev–Trinajstić information content (AvgIpc) is 3.06. The number of aromatic amines is 1. The molecule has 0 saturated carbocycles. The Labute approximate surface area is 181 Å². The summed E-state index contributed by atoms with van der Waals surface area (Å²) in [5.74, 6) is 0.462. The van der Waals surface area contributed by atoms with Gasteiger partial charge in [-0.25, -0.2) is 4.39 Å².